The Kier molecular flexibility index (Phi) is 6.91. The molecule has 0 heterocycles. The van der Waals surface area contributed by atoms with Gasteiger partial charge in [-0.25, -0.2) is 0 Å². The molecule has 1 amide bonds. The molecule has 0 spiro atoms. The van der Waals surface area contributed by atoms with Crippen LogP contribution in [0.3, 0.4) is 0 Å². The predicted molar refractivity (Wildman–Crippen MR) is 92.3 cm³/mol. The first-order chi connectivity index (χ1) is 11.5. The molecule has 1 aromatic carbocycles. The lowest BCUT2D eigenvalue weighted by Gasteiger charge is -2.24. The van der Waals surface area contributed by atoms with E-state index in [2.05, 4.69) is 5.32 Å². The lowest BCUT2D eigenvalue weighted by Crippen LogP contribution is -2.42. The van der Waals surface area contributed by atoms with E-state index in [1.807, 2.05) is 0 Å². The largest absolute Gasteiger partial charge is 0.496 e. The minimum atomic E-state index is -0.815. The molecule has 0 saturated heterocycles. The van der Waals surface area contributed by atoms with E-state index >= 15 is 0 Å². The zero-order valence-corrected chi connectivity index (χ0v) is 14.9. The molecular weight excluding hydrogens is 330 g/mol. The topological polar surface area (TPSA) is 64.6 Å². The van der Waals surface area contributed by atoms with Crippen LogP contribution in [0.1, 0.15) is 44.6 Å². The maximum Gasteiger partial charge on any atom is 0.311 e. The third kappa shape index (κ3) is 5.41. The number of nitrogens with one attached hydrogen (secondary N) is 1. The summed E-state index contributed by atoms with van der Waals surface area (Å²) in [6.07, 6.45) is 4.66. The van der Waals surface area contributed by atoms with Crippen molar-refractivity contribution >= 4 is 23.5 Å². The van der Waals surface area contributed by atoms with E-state index in [0.717, 1.165) is 25.7 Å². The van der Waals surface area contributed by atoms with Gasteiger partial charge in [-0.2, -0.15) is 0 Å². The quantitative estimate of drug-likeness (QED) is 0.797. The summed E-state index contributed by atoms with van der Waals surface area (Å²) >= 11 is 5.95. The SMILES string of the molecule is COc1ccc(Cl)cc1CC(=O)O[C@@H](C)C(=O)NC1CCCCC1. The average Bonchev–Trinajstić information content (AvgIpc) is 2.55. The first-order valence-corrected chi connectivity index (χ1v) is 8.69. The first kappa shape index (κ1) is 18.6. The number of methoxy groups -OCH3 is 1. The van der Waals surface area contributed by atoms with Gasteiger partial charge in [-0.3, -0.25) is 9.59 Å². The van der Waals surface area contributed by atoms with Gasteiger partial charge in [0.1, 0.15) is 5.75 Å². The van der Waals surface area contributed by atoms with Gasteiger partial charge in [-0.1, -0.05) is 30.9 Å². The fraction of sp³-hybridized carbons (Fsp3) is 0.556. The Morgan fingerprint density at radius 1 is 1.29 bits per heavy atom. The molecule has 0 aromatic heterocycles. The minimum Gasteiger partial charge on any atom is -0.496 e. The average molecular weight is 354 g/mol. The summed E-state index contributed by atoms with van der Waals surface area (Å²) in [6, 6.07) is 5.24. The molecule has 0 aliphatic heterocycles. The molecule has 5 nitrogen and oxygen atoms in total. The highest BCUT2D eigenvalue weighted by atomic mass is 35.5. The van der Waals surface area contributed by atoms with Crippen molar-refractivity contribution in [3.63, 3.8) is 0 Å². The van der Waals surface area contributed by atoms with Crippen LogP contribution in [0.4, 0.5) is 0 Å². The molecule has 1 atom stereocenters. The van der Waals surface area contributed by atoms with E-state index < -0.39 is 12.1 Å². The van der Waals surface area contributed by atoms with Gasteiger partial charge in [0, 0.05) is 16.6 Å². The summed E-state index contributed by atoms with van der Waals surface area (Å²) in [5.41, 5.74) is 0.634. The Morgan fingerprint density at radius 3 is 2.67 bits per heavy atom. The summed E-state index contributed by atoms with van der Waals surface area (Å²) in [6.45, 7) is 1.59. The van der Waals surface area contributed by atoms with Crippen LogP contribution in [0, 0.1) is 0 Å². The molecule has 0 radical (unpaired) electrons. The number of amides is 1. The fourth-order valence-electron chi connectivity index (χ4n) is 2.90. The molecule has 24 heavy (non-hydrogen) atoms. The first-order valence-electron chi connectivity index (χ1n) is 8.32. The van der Waals surface area contributed by atoms with Crippen LogP contribution in [0.5, 0.6) is 5.75 Å². The van der Waals surface area contributed by atoms with Gasteiger partial charge in [0.2, 0.25) is 0 Å². The van der Waals surface area contributed by atoms with Crippen LogP contribution in [0.15, 0.2) is 18.2 Å². The predicted octanol–water partition coefficient (Wildman–Crippen LogP) is 3.27. The number of rotatable bonds is 6. The second-order valence-corrected chi connectivity index (χ2v) is 6.54. The third-order valence-corrected chi connectivity index (χ3v) is 4.44. The van der Waals surface area contributed by atoms with Crippen molar-refractivity contribution in [1.29, 1.82) is 0 Å². The normalized spacial score (nSPS) is 16.3. The molecule has 2 rings (SSSR count). The highest BCUT2D eigenvalue weighted by Gasteiger charge is 2.22. The lowest BCUT2D eigenvalue weighted by molar-refractivity contribution is -0.154. The zero-order chi connectivity index (χ0) is 17.5. The third-order valence-electron chi connectivity index (χ3n) is 4.21. The molecule has 1 N–H and O–H groups in total. The van der Waals surface area contributed by atoms with E-state index in [1.165, 1.54) is 13.5 Å². The van der Waals surface area contributed by atoms with Crippen molar-refractivity contribution in [1.82, 2.24) is 5.32 Å². The molecule has 1 aliphatic carbocycles. The smallest absolute Gasteiger partial charge is 0.311 e. The van der Waals surface area contributed by atoms with Crippen LogP contribution in [-0.4, -0.2) is 31.1 Å². The number of hydrogen-bond donors (Lipinski definition) is 1. The van der Waals surface area contributed by atoms with Crippen LogP contribution in [0.2, 0.25) is 5.02 Å². The summed E-state index contributed by atoms with van der Waals surface area (Å²) in [5, 5.41) is 3.47. The Bertz CT molecular complexity index is 584. The van der Waals surface area contributed by atoms with E-state index in [0.29, 0.717) is 16.3 Å². The van der Waals surface area contributed by atoms with Crippen molar-refractivity contribution in [3.8, 4) is 5.75 Å². The van der Waals surface area contributed by atoms with Gasteiger partial charge in [0.25, 0.3) is 5.91 Å². The number of carbonyl (C=O) groups is 2. The molecule has 0 unspecified atom stereocenters. The summed E-state index contributed by atoms with van der Waals surface area (Å²) in [7, 11) is 1.53. The Labute approximate surface area is 147 Å². The molecule has 1 aliphatic rings. The lowest BCUT2D eigenvalue weighted by atomic mass is 9.95. The Balaban J connectivity index is 1.86. The van der Waals surface area contributed by atoms with Gasteiger partial charge in [0.15, 0.2) is 6.10 Å². The van der Waals surface area contributed by atoms with Gasteiger partial charge < -0.3 is 14.8 Å². The number of hydrogen-bond acceptors (Lipinski definition) is 4. The fourth-order valence-corrected chi connectivity index (χ4v) is 3.09. The van der Waals surface area contributed by atoms with Crippen LogP contribution >= 0.6 is 11.6 Å². The van der Waals surface area contributed by atoms with Gasteiger partial charge >= 0.3 is 5.97 Å². The van der Waals surface area contributed by atoms with Gasteiger partial charge in [-0.15, -0.1) is 0 Å². The molecule has 6 heteroatoms. The summed E-state index contributed by atoms with van der Waals surface area (Å²) in [4.78, 5) is 24.2. The van der Waals surface area contributed by atoms with Crippen molar-refractivity contribution in [2.75, 3.05) is 7.11 Å². The van der Waals surface area contributed by atoms with Crippen molar-refractivity contribution in [2.45, 2.75) is 57.6 Å². The van der Waals surface area contributed by atoms with Gasteiger partial charge in [-0.05, 0) is 38.0 Å². The van der Waals surface area contributed by atoms with E-state index in [4.69, 9.17) is 21.1 Å². The Morgan fingerprint density at radius 2 is 2.00 bits per heavy atom. The Hall–Kier alpha value is -1.75. The van der Waals surface area contributed by atoms with E-state index in [9.17, 15) is 9.59 Å². The van der Waals surface area contributed by atoms with Crippen LogP contribution in [-0.2, 0) is 20.7 Å². The van der Waals surface area contributed by atoms with Crippen molar-refractivity contribution in [2.24, 2.45) is 0 Å². The monoisotopic (exact) mass is 353 g/mol. The summed E-state index contributed by atoms with van der Waals surface area (Å²) in [5.74, 6) is -0.161. The highest BCUT2D eigenvalue weighted by Crippen LogP contribution is 2.23. The van der Waals surface area contributed by atoms with Crippen molar-refractivity contribution < 1.29 is 19.1 Å². The molecule has 0 bridgehead atoms. The maximum atomic E-state index is 12.1. The number of esters is 1. The number of benzene rings is 1. The minimum absolute atomic E-state index is 0.00474. The molecule has 1 aromatic rings. The summed E-state index contributed by atoms with van der Waals surface area (Å²) < 4.78 is 10.5. The standard InChI is InChI=1S/C18H24ClNO4/c1-12(18(22)20-15-6-4-3-5-7-15)24-17(21)11-13-10-14(19)8-9-16(13)23-2/h8-10,12,15H,3-7,11H2,1-2H3,(H,20,22)/t12-/m0/s1. The molecular formula is C18H24ClNO4. The van der Waals surface area contributed by atoms with E-state index in [-0.39, 0.29) is 18.4 Å². The van der Waals surface area contributed by atoms with Crippen LogP contribution in [0.25, 0.3) is 0 Å². The molecule has 1 saturated carbocycles. The number of halogens is 1. The maximum absolute atomic E-state index is 12.1. The number of ether oxygens (including phenoxy) is 2. The zero-order valence-electron chi connectivity index (χ0n) is 14.1. The highest BCUT2D eigenvalue weighted by molar-refractivity contribution is 6.30. The molecule has 1 fully saturated rings. The van der Waals surface area contributed by atoms with Crippen molar-refractivity contribution in [3.05, 3.63) is 28.8 Å². The van der Waals surface area contributed by atoms with Gasteiger partial charge in [0.05, 0.1) is 13.5 Å². The second-order valence-electron chi connectivity index (χ2n) is 6.11. The van der Waals surface area contributed by atoms with Crippen LogP contribution < -0.4 is 10.1 Å². The number of carbonyl (C=O) groups excluding carboxylic acids is 2. The molecule has 132 valence electrons. The second kappa shape index (κ2) is 8.92. The van der Waals surface area contributed by atoms with E-state index in [1.54, 1.807) is 25.1 Å².